The summed E-state index contributed by atoms with van der Waals surface area (Å²) in [6.45, 7) is 1.10. The van der Waals surface area contributed by atoms with E-state index in [9.17, 15) is 9.59 Å². The monoisotopic (exact) mass is 264 g/mol. The molecule has 2 aliphatic heterocycles. The number of aliphatic carboxylic acids is 1. The van der Waals surface area contributed by atoms with Gasteiger partial charge in [-0.15, -0.1) is 0 Å². The molecule has 1 aromatic rings. The van der Waals surface area contributed by atoms with Crippen LogP contribution in [0.1, 0.15) is 24.2 Å². The second-order valence-corrected chi connectivity index (χ2v) is 4.99. The Kier molecular flexibility index (Phi) is 2.98. The van der Waals surface area contributed by atoms with E-state index in [4.69, 9.17) is 5.11 Å². The fourth-order valence-corrected chi connectivity index (χ4v) is 2.83. The molecule has 1 unspecified atom stereocenters. The molecule has 2 atom stereocenters. The van der Waals surface area contributed by atoms with E-state index in [1.165, 1.54) is 4.90 Å². The topological polar surface area (TPSA) is 98.3 Å². The number of nitrogens with zero attached hydrogens (tertiary/aromatic N) is 2. The van der Waals surface area contributed by atoms with E-state index in [0.717, 1.165) is 17.8 Å². The van der Waals surface area contributed by atoms with Crippen LogP contribution in [0.3, 0.4) is 0 Å². The van der Waals surface area contributed by atoms with Gasteiger partial charge >= 0.3 is 5.97 Å². The highest BCUT2D eigenvalue weighted by molar-refractivity contribution is 5.88. The minimum absolute atomic E-state index is 0.126. The fraction of sp³-hybridized carbons (Fsp3) is 0.583. The number of carbonyl (C=O) groups is 2. The van der Waals surface area contributed by atoms with Gasteiger partial charge in [-0.3, -0.25) is 10.1 Å². The molecule has 1 saturated heterocycles. The van der Waals surface area contributed by atoms with Gasteiger partial charge in [0.25, 0.3) is 0 Å². The zero-order valence-corrected chi connectivity index (χ0v) is 10.4. The first-order valence-corrected chi connectivity index (χ1v) is 6.44. The summed E-state index contributed by atoms with van der Waals surface area (Å²) in [5.74, 6) is -1.04. The lowest BCUT2D eigenvalue weighted by atomic mass is 10.0. The quantitative estimate of drug-likeness (QED) is 0.669. The van der Waals surface area contributed by atoms with Gasteiger partial charge in [0, 0.05) is 19.5 Å². The third kappa shape index (κ3) is 2.10. The Balaban J connectivity index is 1.73. The lowest BCUT2D eigenvalue weighted by Crippen LogP contribution is -2.52. The maximum Gasteiger partial charge on any atom is 0.326 e. The first kappa shape index (κ1) is 12.2. The van der Waals surface area contributed by atoms with Crippen molar-refractivity contribution in [2.24, 2.45) is 0 Å². The van der Waals surface area contributed by atoms with Crippen molar-refractivity contribution in [2.75, 3.05) is 6.54 Å². The number of H-pyrrole nitrogens is 1. The minimum atomic E-state index is -0.915. The van der Waals surface area contributed by atoms with Crippen LogP contribution in [0.2, 0.25) is 0 Å². The molecule has 1 amide bonds. The van der Waals surface area contributed by atoms with Crippen LogP contribution >= 0.6 is 0 Å². The van der Waals surface area contributed by atoms with Crippen LogP contribution in [-0.2, 0) is 22.6 Å². The molecule has 7 heteroatoms. The van der Waals surface area contributed by atoms with Crippen molar-refractivity contribution < 1.29 is 14.7 Å². The summed E-state index contributed by atoms with van der Waals surface area (Å²) in [5.41, 5.74) is 1.89. The van der Waals surface area contributed by atoms with E-state index in [1.54, 1.807) is 6.33 Å². The molecule has 0 spiro atoms. The van der Waals surface area contributed by atoms with Crippen LogP contribution in [0.15, 0.2) is 6.33 Å². The van der Waals surface area contributed by atoms with Crippen molar-refractivity contribution in [1.82, 2.24) is 20.2 Å². The molecule has 3 rings (SSSR count). The summed E-state index contributed by atoms with van der Waals surface area (Å²) in [4.78, 5) is 32.2. The van der Waals surface area contributed by atoms with Gasteiger partial charge in [-0.25, -0.2) is 9.78 Å². The number of carboxylic acid groups (broad SMARTS) is 1. The molecule has 19 heavy (non-hydrogen) atoms. The summed E-state index contributed by atoms with van der Waals surface area (Å²) >= 11 is 0. The molecule has 2 aliphatic rings. The Hall–Kier alpha value is -1.89. The highest BCUT2D eigenvalue weighted by Gasteiger charge is 2.38. The zero-order chi connectivity index (χ0) is 13.4. The maximum atomic E-state index is 12.4. The van der Waals surface area contributed by atoms with Crippen molar-refractivity contribution in [2.45, 2.75) is 37.9 Å². The molecule has 102 valence electrons. The molecule has 0 bridgehead atoms. The smallest absolute Gasteiger partial charge is 0.326 e. The highest BCUT2D eigenvalue weighted by atomic mass is 16.4. The van der Waals surface area contributed by atoms with Gasteiger partial charge in [-0.05, 0) is 12.8 Å². The molecule has 0 radical (unpaired) electrons. The highest BCUT2D eigenvalue weighted by Crippen LogP contribution is 2.21. The minimum Gasteiger partial charge on any atom is -0.480 e. The molecule has 0 aromatic carbocycles. The van der Waals surface area contributed by atoms with Gasteiger partial charge in [0.1, 0.15) is 6.04 Å². The average Bonchev–Trinajstić information content (AvgIpc) is 3.05. The third-order valence-corrected chi connectivity index (χ3v) is 3.85. The Morgan fingerprint density at radius 1 is 1.47 bits per heavy atom. The second kappa shape index (κ2) is 4.65. The number of fused-ring (bicyclic) bond motifs is 1. The van der Waals surface area contributed by atoms with Crippen molar-refractivity contribution in [3.05, 3.63) is 17.7 Å². The molecule has 0 aliphatic carbocycles. The molecule has 3 heterocycles. The predicted molar refractivity (Wildman–Crippen MR) is 65.3 cm³/mol. The zero-order valence-electron chi connectivity index (χ0n) is 10.4. The van der Waals surface area contributed by atoms with Crippen molar-refractivity contribution in [3.8, 4) is 0 Å². The average molecular weight is 264 g/mol. The van der Waals surface area contributed by atoms with E-state index < -0.39 is 12.0 Å². The number of hydrogen-bond acceptors (Lipinski definition) is 4. The number of imidazole rings is 1. The molecular weight excluding hydrogens is 248 g/mol. The Bertz CT molecular complexity index is 513. The van der Waals surface area contributed by atoms with E-state index in [-0.39, 0.29) is 11.9 Å². The second-order valence-electron chi connectivity index (χ2n) is 4.99. The van der Waals surface area contributed by atoms with Gasteiger partial charge in [0.05, 0.1) is 23.8 Å². The van der Waals surface area contributed by atoms with Crippen LogP contribution in [0, 0.1) is 0 Å². The lowest BCUT2D eigenvalue weighted by molar-refractivity contribution is -0.149. The maximum absolute atomic E-state index is 12.4. The Morgan fingerprint density at radius 3 is 3.11 bits per heavy atom. The Morgan fingerprint density at radius 2 is 2.32 bits per heavy atom. The van der Waals surface area contributed by atoms with E-state index in [1.807, 2.05) is 0 Å². The summed E-state index contributed by atoms with van der Waals surface area (Å²) in [5, 5.41) is 12.3. The van der Waals surface area contributed by atoms with Gasteiger partial charge in [-0.1, -0.05) is 0 Å². The molecular formula is C12H16N4O3. The third-order valence-electron chi connectivity index (χ3n) is 3.85. The number of aromatic amines is 1. The number of nitrogens with one attached hydrogen (secondary N) is 2. The largest absolute Gasteiger partial charge is 0.480 e. The SMILES string of the molecule is O=C(O)[C@@H]1CCCN1C(=O)C1Cc2nc[nH]c2CN1. The fourth-order valence-electron chi connectivity index (χ4n) is 2.83. The molecule has 7 nitrogen and oxygen atoms in total. The van der Waals surface area contributed by atoms with E-state index >= 15 is 0 Å². The van der Waals surface area contributed by atoms with Crippen molar-refractivity contribution in [3.63, 3.8) is 0 Å². The number of likely N-dealkylation sites (tertiary alicyclic amines) is 1. The van der Waals surface area contributed by atoms with Gasteiger partial charge in [-0.2, -0.15) is 0 Å². The van der Waals surface area contributed by atoms with Crippen LogP contribution in [0.25, 0.3) is 0 Å². The normalized spacial score (nSPS) is 26.2. The van der Waals surface area contributed by atoms with Crippen molar-refractivity contribution >= 4 is 11.9 Å². The van der Waals surface area contributed by atoms with Crippen LogP contribution in [0.5, 0.6) is 0 Å². The summed E-state index contributed by atoms with van der Waals surface area (Å²) < 4.78 is 0. The predicted octanol–water partition coefficient (Wildman–Crippen LogP) is -0.500. The molecule has 0 saturated carbocycles. The van der Waals surface area contributed by atoms with Crippen LogP contribution in [0.4, 0.5) is 0 Å². The first-order valence-electron chi connectivity index (χ1n) is 6.44. The van der Waals surface area contributed by atoms with E-state index in [0.29, 0.717) is 25.9 Å². The number of carboxylic acids is 1. The van der Waals surface area contributed by atoms with E-state index in [2.05, 4.69) is 15.3 Å². The van der Waals surface area contributed by atoms with Gasteiger partial charge < -0.3 is 15.0 Å². The van der Waals surface area contributed by atoms with Crippen LogP contribution in [-0.4, -0.2) is 50.5 Å². The Labute approximate surface area is 110 Å². The summed E-state index contributed by atoms with van der Waals surface area (Å²) in [7, 11) is 0. The number of amides is 1. The number of carbonyl (C=O) groups excluding carboxylic acids is 1. The number of aromatic nitrogens is 2. The molecule has 1 fully saturated rings. The molecule has 3 N–H and O–H groups in total. The molecule has 1 aromatic heterocycles. The summed E-state index contributed by atoms with van der Waals surface area (Å²) in [6, 6.07) is -1.04. The standard InChI is InChI=1S/C12H16N4O3/c17-11(16-3-1-2-10(16)12(18)19)8-4-7-9(5-13-8)15-6-14-7/h6,8,10,13H,1-5H2,(H,14,15)(H,18,19)/t8?,10-/m0/s1. The summed E-state index contributed by atoms with van der Waals surface area (Å²) in [6.07, 6.45) is 3.43. The van der Waals surface area contributed by atoms with Gasteiger partial charge in [0.15, 0.2) is 0 Å². The first-order chi connectivity index (χ1) is 9.16. The van der Waals surface area contributed by atoms with Crippen LogP contribution < -0.4 is 5.32 Å². The van der Waals surface area contributed by atoms with Gasteiger partial charge in [0.2, 0.25) is 5.91 Å². The number of hydrogen-bond donors (Lipinski definition) is 3. The van der Waals surface area contributed by atoms with Crippen molar-refractivity contribution in [1.29, 1.82) is 0 Å². The lowest BCUT2D eigenvalue weighted by Gasteiger charge is -2.29. The number of rotatable bonds is 2.